The molecule has 28 nitrogen and oxygen atoms in total. The third-order valence-electron chi connectivity index (χ3n) is 15.9. The summed E-state index contributed by atoms with van der Waals surface area (Å²) >= 11 is 11.4. The third kappa shape index (κ3) is 25.2. The zero-order valence-electron chi connectivity index (χ0n) is 56.5. The molecule has 0 saturated carbocycles. The normalized spacial score (nSPS) is 16.6. The predicted octanol–water partition coefficient (Wildman–Crippen LogP) is 11.2. The molecule has 0 radical (unpaired) electrons. The first-order valence-corrected chi connectivity index (χ1v) is 39.8. The van der Waals surface area contributed by atoms with Gasteiger partial charge in [0.2, 0.25) is 40.1 Å². The first kappa shape index (κ1) is 82.4. The van der Waals surface area contributed by atoms with Crippen LogP contribution in [-0.2, 0) is 59.0 Å². The van der Waals surface area contributed by atoms with Crippen LogP contribution in [0.5, 0.6) is 0 Å². The number of sulfonamides is 4. The number of ether oxygens (including phenoxy) is 4. The third-order valence-corrected chi connectivity index (χ3v) is 22.7. The summed E-state index contributed by atoms with van der Waals surface area (Å²) < 4.78 is 208. The molecule has 0 aliphatic carbocycles. The molecule has 8 aromatic rings. The Hall–Kier alpha value is -9.64. The van der Waals surface area contributed by atoms with Gasteiger partial charge in [-0.2, -0.15) is 0 Å². The van der Waals surface area contributed by atoms with E-state index in [9.17, 15) is 79.2 Å². The second kappa shape index (κ2) is 37.9. The van der Waals surface area contributed by atoms with Crippen LogP contribution in [-0.4, -0.2) is 151 Å². The summed E-state index contributed by atoms with van der Waals surface area (Å²) in [6.07, 6.45) is 9.73. The number of amides is 4. The summed E-state index contributed by atoms with van der Waals surface area (Å²) in [5, 5.41) is 8.43. The van der Waals surface area contributed by atoms with Gasteiger partial charge in [0.05, 0.1) is 45.6 Å². The van der Waals surface area contributed by atoms with Crippen molar-refractivity contribution in [3.8, 4) is 0 Å². The molecule has 4 aliphatic heterocycles. The standard InChI is InChI=1S/C18H19ClFN3O4S.C17H17ClFN3O4S.C17H17F2N3O4S.C16H15F2N3O4S/c19-15-10-13(4-5-16(15)20)22-18(24)12-6-7-21-17(9-12)23-28(25,26)11-14-3-1-2-8-27-14;18-14-9-12(3-4-15(14)19)21-17(23)11-5-6-20-16(8-11)22-27(24,25)10-13-2-1-7-26-13;18-14-2-1-12(10-15(14)19)21-17(23)11-3-6-20-16(9-11)22-27(24,25)13-4-7-26-8-5-13;17-13-2-1-11(8-14(13)18)20-16(22)10-3-5-19-15(7-10)21-26(23,24)12-4-6-25-9-12/h4-7,9-10,14H,1-3,8,11H2,(H,21,23)(H,22,24);3-6,8-9,13H,1-2,7,10H2,(H,20,22)(H,21,23);1-3,6,9-10,13H,4-5,7-8H2,(H,20,22)(H,21,23);1-3,5,7-8,12H,4,6,9H2,(H,19,21)(H,20,22). The molecule has 3 atom stereocenters. The maximum absolute atomic E-state index is 13.2. The van der Waals surface area contributed by atoms with Crippen LogP contribution in [0.4, 0.5) is 72.4 Å². The summed E-state index contributed by atoms with van der Waals surface area (Å²) in [6.45, 7) is 2.33. The maximum Gasteiger partial charge on any atom is 0.255 e. The topological polar surface area (TPSA) is 390 Å². The highest BCUT2D eigenvalue weighted by molar-refractivity contribution is 7.94. The minimum absolute atomic E-state index is 0.000529. The van der Waals surface area contributed by atoms with Crippen molar-refractivity contribution in [2.75, 3.05) is 91.3 Å². The van der Waals surface area contributed by atoms with Crippen LogP contribution >= 0.6 is 23.2 Å². The van der Waals surface area contributed by atoms with E-state index in [1.807, 2.05) is 0 Å². The number of anilines is 8. The molecule has 4 saturated heterocycles. The van der Waals surface area contributed by atoms with E-state index in [2.05, 4.69) is 60.1 Å². The fourth-order valence-electron chi connectivity index (χ4n) is 10.4. The predicted molar refractivity (Wildman–Crippen MR) is 390 cm³/mol. The number of hydrogen-bond acceptors (Lipinski definition) is 20. The van der Waals surface area contributed by atoms with Crippen molar-refractivity contribution in [1.82, 2.24) is 19.9 Å². The molecule has 4 fully saturated rings. The lowest BCUT2D eigenvalue weighted by atomic mass is 10.1. The second-order valence-electron chi connectivity index (χ2n) is 24.0. The van der Waals surface area contributed by atoms with Gasteiger partial charge in [0.1, 0.15) is 40.2 Å². The van der Waals surface area contributed by atoms with Crippen LogP contribution in [0, 0.1) is 34.9 Å². The molecule has 4 amide bonds. The molecule has 4 aromatic carbocycles. The van der Waals surface area contributed by atoms with Gasteiger partial charge in [-0.25, -0.2) is 79.9 Å². The van der Waals surface area contributed by atoms with Gasteiger partial charge in [-0.05, 0) is 161 Å². The number of rotatable bonds is 22. The molecule has 108 heavy (non-hydrogen) atoms. The van der Waals surface area contributed by atoms with Gasteiger partial charge in [-0.3, -0.25) is 38.1 Å². The van der Waals surface area contributed by atoms with Crippen molar-refractivity contribution in [2.24, 2.45) is 0 Å². The molecule has 4 aromatic heterocycles. The number of carbonyl (C=O) groups is 4. The zero-order valence-corrected chi connectivity index (χ0v) is 61.2. The molecule has 40 heteroatoms. The van der Waals surface area contributed by atoms with E-state index in [0.717, 1.165) is 55.7 Å². The molecular weight excluding hydrogens is 1550 g/mol. The highest BCUT2D eigenvalue weighted by Gasteiger charge is 2.32. The highest BCUT2D eigenvalue weighted by Crippen LogP contribution is 2.27. The van der Waals surface area contributed by atoms with Crippen LogP contribution in [0.3, 0.4) is 0 Å². The van der Waals surface area contributed by atoms with Crippen LogP contribution in [0.15, 0.2) is 146 Å². The Morgan fingerprint density at radius 1 is 0.370 bits per heavy atom. The van der Waals surface area contributed by atoms with E-state index in [-0.39, 0.29) is 97.3 Å². The minimum atomic E-state index is -3.69. The lowest BCUT2D eigenvalue weighted by molar-refractivity contribution is 0.0306. The van der Waals surface area contributed by atoms with Gasteiger partial charge >= 0.3 is 0 Å². The van der Waals surface area contributed by atoms with Gasteiger partial charge in [0.25, 0.3) is 23.6 Å². The lowest BCUT2D eigenvalue weighted by Gasteiger charge is -2.22. The van der Waals surface area contributed by atoms with E-state index in [1.54, 1.807) is 0 Å². The smallest absolute Gasteiger partial charge is 0.255 e. The lowest BCUT2D eigenvalue weighted by Crippen LogP contribution is -2.33. The molecule has 8 heterocycles. The highest BCUT2D eigenvalue weighted by atomic mass is 35.5. The number of pyridine rings is 4. The Kier molecular flexibility index (Phi) is 29.0. The summed E-state index contributed by atoms with van der Waals surface area (Å²) in [5.74, 6) is -7.99. The molecule has 4 aliphatic rings. The van der Waals surface area contributed by atoms with Crippen LogP contribution in [0.2, 0.25) is 10.0 Å². The number of nitrogens with zero attached hydrogens (tertiary/aromatic N) is 4. The maximum atomic E-state index is 13.2. The van der Waals surface area contributed by atoms with E-state index < -0.39 is 109 Å². The minimum Gasteiger partial charge on any atom is -0.381 e. The second-order valence-corrected chi connectivity index (χ2v) is 32.3. The van der Waals surface area contributed by atoms with Crippen LogP contribution in [0.25, 0.3) is 0 Å². The number of benzene rings is 4. The van der Waals surface area contributed by atoms with E-state index in [4.69, 9.17) is 42.1 Å². The summed E-state index contributed by atoms with van der Waals surface area (Å²) in [4.78, 5) is 64.9. The summed E-state index contributed by atoms with van der Waals surface area (Å²) in [7, 11) is -14.7. The van der Waals surface area contributed by atoms with Crippen molar-refractivity contribution in [2.45, 2.75) is 74.1 Å². The number of halogens is 8. The van der Waals surface area contributed by atoms with Crippen LogP contribution < -0.4 is 40.2 Å². The Balaban J connectivity index is 0.000000166. The van der Waals surface area contributed by atoms with E-state index >= 15 is 0 Å². The first-order valence-electron chi connectivity index (χ1n) is 32.7. The largest absolute Gasteiger partial charge is 0.381 e. The van der Waals surface area contributed by atoms with Crippen molar-refractivity contribution < 1.29 is 98.1 Å². The molecule has 0 spiro atoms. The molecule has 0 bridgehead atoms. The number of hydrogen-bond donors (Lipinski definition) is 8. The van der Waals surface area contributed by atoms with Gasteiger partial charge in [-0.1, -0.05) is 23.2 Å². The van der Waals surface area contributed by atoms with E-state index in [1.165, 1.54) is 110 Å². The molecule has 12 rings (SSSR count). The van der Waals surface area contributed by atoms with Crippen molar-refractivity contribution >= 4 is 133 Å². The molecule has 8 N–H and O–H groups in total. The van der Waals surface area contributed by atoms with Crippen molar-refractivity contribution in [3.05, 3.63) is 213 Å². The first-order chi connectivity index (χ1) is 51.3. The molecular formula is C68H68Cl2F6N12O16S4. The fraction of sp³-hybridized carbons (Fsp3) is 0.294. The summed E-state index contributed by atoms with van der Waals surface area (Å²) in [6, 6.07) is 24.2. The van der Waals surface area contributed by atoms with Gasteiger partial charge in [-0.15, -0.1) is 0 Å². The van der Waals surface area contributed by atoms with Gasteiger partial charge in [0, 0.05) is 115 Å². The number of carbonyl (C=O) groups excluding carboxylic acids is 4. The Morgan fingerprint density at radius 3 is 1.04 bits per heavy atom. The average molecular weight is 1620 g/mol. The monoisotopic (exact) mass is 1620 g/mol. The SMILES string of the molecule is O=C(Nc1ccc(F)c(Cl)c1)c1ccnc(NS(=O)(=O)CC2CCCCO2)c1.O=C(Nc1ccc(F)c(Cl)c1)c1ccnc(NS(=O)(=O)CC2CCCO2)c1.O=C(Nc1ccc(F)c(F)c1)c1ccnc(NS(=O)(=O)C2CCOC2)c1.O=C(Nc1ccc(F)c(F)c1)c1ccnc(NS(=O)(=O)C2CCOCC2)c1. The molecule has 3 unspecified atom stereocenters. The Bertz CT molecular complexity index is 5030. The van der Waals surface area contributed by atoms with Crippen molar-refractivity contribution in [3.63, 3.8) is 0 Å². The van der Waals surface area contributed by atoms with Gasteiger partial charge in [0.15, 0.2) is 23.3 Å². The zero-order chi connectivity index (χ0) is 77.8. The summed E-state index contributed by atoms with van der Waals surface area (Å²) in [5.41, 5.74) is 1.33. The quantitative estimate of drug-likeness (QED) is 0.0292. The number of nitrogens with one attached hydrogen (secondary N) is 8. The molecule has 576 valence electrons. The Labute approximate surface area is 626 Å². The fourth-order valence-corrected chi connectivity index (χ4v) is 16.0. The van der Waals surface area contributed by atoms with Crippen LogP contribution in [0.1, 0.15) is 92.8 Å². The van der Waals surface area contributed by atoms with Crippen molar-refractivity contribution in [1.29, 1.82) is 0 Å². The van der Waals surface area contributed by atoms with E-state index in [0.29, 0.717) is 76.5 Å². The van der Waals surface area contributed by atoms with Gasteiger partial charge < -0.3 is 40.2 Å². The average Bonchev–Trinajstić information content (AvgIpc) is 1.47. The Morgan fingerprint density at radius 2 is 0.704 bits per heavy atom. The number of aromatic nitrogens is 4.